The number of hydrazine groups is 2. The Morgan fingerprint density at radius 3 is 2.64 bits per heavy atom. The van der Waals surface area contributed by atoms with Crippen LogP contribution in [0.3, 0.4) is 0 Å². The minimum Gasteiger partial charge on any atom is -0.481 e. The summed E-state index contributed by atoms with van der Waals surface area (Å²) in [5.74, 6) is 0.476. The molecule has 2 aromatic heterocycles. The quantitative estimate of drug-likeness (QED) is 0.159. The third kappa shape index (κ3) is 5.40. The molecule has 0 saturated heterocycles. The predicted molar refractivity (Wildman–Crippen MR) is 168 cm³/mol. The van der Waals surface area contributed by atoms with E-state index in [0.29, 0.717) is 63.8 Å². The molecule has 0 radical (unpaired) electrons. The molecule has 1 atom stereocenters. The lowest BCUT2D eigenvalue weighted by molar-refractivity contribution is 0.00911. The number of benzene rings is 2. The van der Waals surface area contributed by atoms with E-state index in [1.54, 1.807) is 25.6 Å². The van der Waals surface area contributed by atoms with Crippen molar-refractivity contribution in [2.75, 3.05) is 24.3 Å². The molecule has 9 nitrogen and oxygen atoms in total. The van der Waals surface area contributed by atoms with Gasteiger partial charge in [0.1, 0.15) is 11.6 Å². The van der Waals surface area contributed by atoms with Crippen LogP contribution in [-0.2, 0) is 0 Å². The van der Waals surface area contributed by atoms with E-state index < -0.39 is 18.0 Å². The summed E-state index contributed by atoms with van der Waals surface area (Å²) in [4.78, 5) is 8.83. The van der Waals surface area contributed by atoms with Gasteiger partial charge in [-0.25, -0.2) is 13.8 Å². The molecule has 0 unspecified atom stereocenters. The van der Waals surface area contributed by atoms with E-state index in [1.807, 2.05) is 30.3 Å². The number of nitrogens with one attached hydrogen (secondary N) is 4. The van der Waals surface area contributed by atoms with Crippen molar-refractivity contribution in [1.82, 2.24) is 25.9 Å². The fourth-order valence-electron chi connectivity index (χ4n) is 5.49. The van der Waals surface area contributed by atoms with Crippen molar-refractivity contribution < 1.29 is 13.5 Å². The molecule has 1 fully saturated rings. The zero-order valence-corrected chi connectivity index (χ0v) is 25.6. The second kappa shape index (κ2) is 11.3. The number of fused-ring (bicyclic) bond motifs is 2. The van der Waals surface area contributed by atoms with Gasteiger partial charge in [0.2, 0.25) is 5.88 Å². The van der Waals surface area contributed by atoms with Gasteiger partial charge in [-0.15, -0.1) is 5.53 Å². The number of rotatable bonds is 9. The van der Waals surface area contributed by atoms with Crippen LogP contribution in [0.2, 0.25) is 5.02 Å². The van der Waals surface area contributed by atoms with Crippen LogP contribution < -0.4 is 26.3 Å². The molecule has 1 aliphatic heterocycles. The molecule has 4 aromatic rings. The Kier molecular flexibility index (Phi) is 7.59. The van der Waals surface area contributed by atoms with Crippen molar-refractivity contribution >= 4 is 44.7 Å². The molecule has 1 aliphatic carbocycles. The van der Waals surface area contributed by atoms with Gasteiger partial charge in [-0.1, -0.05) is 44.5 Å². The number of nitrogens with zero attached hydrogens (tertiary/aromatic N) is 4. The largest absolute Gasteiger partial charge is 0.481 e. The normalized spacial score (nSPS) is 16.4. The van der Waals surface area contributed by atoms with Gasteiger partial charge in [-0.3, -0.25) is 9.99 Å². The van der Waals surface area contributed by atoms with Crippen LogP contribution in [0.4, 0.5) is 20.2 Å². The summed E-state index contributed by atoms with van der Waals surface area (Å²) >= 11 is 6.80. The second-order valence-electron chi connectivity index (χ2n) is 12.4. The monoisotopic (exact) mass is 618 g/mol. The van der Waals surface area contributed by atoms with E-state index in [2.05, 4.69) is 58.4 Å². The number of alkyl halides is 2. The maximum atomic E-state index is 14.0. The lowest BCUT2D eigenvalue weighted by Crippen LogP contribution is -2.48. The number of halogens is 3. The number of pyridine rings is 2. The number of anilines is 2. The number of methoxy groups -OCH3 is 1. The Bertz CT molecular complexity index is 1810. The van der Waals surface area contributed by atoms with E-state index in [1.165, 1.54) is 11.2 Å². The molecule has 0 bridgehead atoms. The van der Waals surface area contributed by atoms with Crippen LogP contribution >= 0.6 is 11.6 Å². The van der Waals surface area contributed by atoms with Crippen molar-refractivity contribution in [2.45, 2.75) is 51.6 Å². The van der Waals surface area contributed by atoms with Crippen molar-refractivity contribution in [2.24, 2.45) is 5.41 Å². The van der Waals surface area contributed by atoms with Crippen LogP contribution in [0.5, 0.6) is 5.88 Å². The van der Waals surface area contributed by atoms with Crippen LogP contribution in [-0.4, -0.2) is 40.6 Å². The Morgan fingerprint density at radius 2 is 1.95 bits per heavy atom. The maximum Gasteiger partial charge on any atom is 0.262 e. The summed E-state index contributed by atoms with van der Waals surface area (Å²) in [7, 11) is 1.57. The molecule has 0 spiro atoms. The summed E-state index contributed by atoms with van der Waals surface area (Å²) in [6.07, 6.45) is 3.16. The molecule has 2 aromatic carbocycles. The summed E-state index contributed by atoms with van der Waals surface area (Å²) in [6, 6.07) is 13.1. The molecule has 4 N–H and O–H groups in total. The van der Waals surface area contributed by atoms with E-state index >= 15 is 0 Å². The topological polar surface area (TPSA) is 110 Å². The molecule has 12 heteroatoms. The first kappa shape index (κ1) is 29.7. The molecule has 3 heterocycles. The van der Waals surface area contributed by atoms with Crippen molar-refractivity contribution in [3.05, 3.63) is 76.8 Å². The average Bonchev–Trinajstić information content (AvgIpc) is 3.67. The first-order valence-electron chi connectivity index (χ1n) is 14.3. The molecular formula is C32H33ClF2N8O. The van der Waals surface area contributed by atoms with Crippen LogP contribution in [0, 0.1) is 16.7 Å². The maximum absolute atomic E-state index is 14.0. The molecular weight excluding hydrogens is 586 g/mol. The molecule has 2 aliphatic rings. The highest BCUT2D eigenvalue weighted by molar-refractivity contribution is 6.35. The molecule has 6 rings (SSSR count). The summed E-state index contributed by atoms with van der Waals surface area (Å²) in [5, 5.41) is 21.2. The van der Waals surface area contributed by atoms with Crippen molar-refractivity contribution in [3.63, 3.8) is 0 Å². The fourth-order valence-corrected chi connectivity index (χ4v) is 5.76. The van der Waals surface area contributed by atoms with Gasteiger partial charge < -0.3 is 20.8 Å². The van der Waals surface area contributed by atoms with Crippen LogP contribution in [0.25, 0.3) is 21.7 Å². The van der Waals surface area contributed by atoms with Gasteiger partial charge in [0.15, 0.2) is 0 Å². The van der Waals surface area contributed by atoms with Gasteiger partial charge in [-0.05, 0) is 53.5 Å². The smallest absolute Gasteiger partial charge is 0.262 e. The molecule has 1 saturated carbocycles. The van der Waals surface area contributed by atoms with E-state index in [4.69, 9.17) is 16.3 Å². The third-order valence-electron chi connectivity index (χ3n) is 8.01. The minimum atomic E-state index is -2.51. The Morgan fingerprint density at radius 1 is 1.16 bits per heavy atom. The van der Waals surface area contributed by atoms with Crippen molar-refractivity contribution in [1.29, 1.82) is 5.26 Å². The standard InChI is InChI=1S/C32H33ClF2N8O/c1-31(2,3)17-39-26-18(14-36)15-38-27-23(26)12-19(13-24(27)33)40-28(25-16-43(42-41-25)32(9-10-32)30(34)35)21-6-5-7-22-20(21)8-11-37-29(22)44-4/h5-8,11-13,15-16,28,30,40-42H,9-10,17H2,1-4H3,(H,38,39)/t28-/m0/s1. The first-order valence-corrected chi connectivity index (χ1v) is 14.7. The SMILES string of the molecule is COc1nccc2c([C@H](Nc3cc(Cl)c4ncc(C#N)c(NCC(C)(C)C)c4c3)C3=CN(C4(C(F)F)CC4)NN3)cccc12. The number of hydrogen-bond donors (Lipinski definition) is 4. The Balaban J connectivity index is 1.48. The van der Waals surface area contributed by atoms with Gasteiger partial charge in [0.25, 0.3) is 6.43 Å². The highest BCUT2D eigenvalue weighted by atomic mass is 35.5. The molecule has 0 amide bonds. The summed E-state index contributed by atoms with van der Waals surface area (Å²) in [6.45, 7) is 6.94. The average molecular weight is 619 g/mol. The Hall–Kier alpha value is -4.40. The van der Waals surface area contributed by atoms with Gasteiger partial charge in [-0.2, -0.15) is 5.26 Å². The van der Waals surface area contributed by atoms with Crippen LogP contribution in [0.1, 0.15) is 50.8 Å². The van der Waals surface area contributed by atoms with Crippen LogP contribution in [0.15, 0.2) is 60.7 Å². The zero-order chi connectivity index (χ0) is 31.2. The second-order valence-corrected chi connectivity index (χ2v) is 12.8. The predicted octanol–water partition coefficient (Wildman–Crippen LogP) is 6.89. The number of hydrogen-bond acceptors (Lipinski definition) is 9. The van der Waals surface area contributed by atoms with Gasteiger partial charge >= 0.3 is 0 Å². The summed E-state index contributed by atoms with van der Waals surface area (Å²) in [5.41, 5.74) is 8.54. The summed E-state index contributed by atoms with van der Waals surface area (Å²) < 4.78 is 33.6. The molecule has 228 valence electrons. The Labute approximate surface area is 259 Å². The fraction of sp³-hybridized carbons (Fsp3) is 0.344. The number of ether oxygens (including phenoxy) is 1. The van der Waals surface area contributed by atoms with Gasteiger partial charge in [0, 0.05) is 41.6 Å². The highest BCUT2D eigenvalue weighted by Crippen LogP contribution is 2.47. The first-order chi connectivity index (χ1) is 21.0. The lowest BCUT2D eigenvalue weighted by atomic mass is 9.96. The van der Waals surface area contributed by atoms with Crippen molar-refractivity contribution in [3.8, 4) is 11.9 Å². The van der Waals surface area contributed by atoms with Gasteiger partial charge in [0.05, 0.1) is 40.6 Å². The van der Waals surface area contributed by atoms with E-state index in [9.17, 15) is 14.0 Å². The molecule has 44 heavy (non-hydrogen) atoms. The third-order valence-corrected chi connectivity index (χ3v) is 8.30. The highest BCUT2D eigenvalue weighted by Gasteiger charge is 2.56. The van der Waals surface area contributed by atoms with E-state index in [-0.39, 0.29) is 5.41 Å². The number of aromatic nitrogens is 2. The zero-order valence-electron chi connectivity index (χ0n) is 24.8. The number of nitriles is 1. The van der Waals surface area contributed by atoms with E-state index in [0.717, 1.165) is 16.3 Å². The minimum absolute atomic E-state index is 0.0476. The lowest BCUT2D eigenvalue weighted by Gasteiger charge is -2.25.